The van der Waals surface area contributed by atoms with Crippen molar-refractivity contribution < 1.29 is 4.74 Å². The molecule has 17 heavy (non-hydrogen) atoms. The smallest absolute Gasteiger partial charge is 0.142 e. The highest BCUT2D eigenvalue weighted by atomic mass is 32.1. The van der Waals surface area contributed by atoms with Gasteiger partial charge in [-0.15, -0.1) is 0 Å². The van der Waals surface area contributed by atoms with Crippen LogP contribution in [-0.2, 0) is 0 Å². The van der Waals surface area contributed by atoms with Crippen LogP contribution in [0.5, 0.6) is 5.75 Å². The van der Waals surface area contributed by atoms with Crippen LogP contribution in [0, 0.1) is 0 Å². The number of anilines is 1. The zero-order valence-electron chi connectivity index (χ0n) is 11.2. The molecule has 0 aliphatic carbocycles. The summed E-state index contributed by atoms with van der Waals surface area (Å²) >= 11 is 4.25. The molecule has 0 amide bonds. The molecule has 0 aliphatic rings. The van der Waals surface area contributed by atoms with Gasteiger partial charge in [0, 0.05) is 13.6 Å². The van der Waals surface area contributed by atoms with Crippen molar-refractivity contribution in [2.45, 2.75) is 26.2 Å². The number of methoxy groups -OCH3 is 1. The van der Waals surface area contributed by atoms with Crippen LogP contribution in [-0.4, -0.2) is 26.5 Å². The van der Waals surface area contributed by atoms with Crippen LogP contribution in [0.25, 0.3) is 0 Å². The molecule has 1 aromatic rings. The normalized spacial score (nSPS) is 10.7. The van der Waals surface area contributed by atoms with E-state index in [1.807, 2.05) is 0 Å². The van der Waals surface area contributed by atoms with Gasteiger partial charge >= 0.3 is 0 Å². The minimum Gasteiger partial charge on any atom is -0.495 e. The minimum atomic E-state index is 0.540. The van der Waals surface area contributed by atoms with Crippen molar-refractivity contribution >= 4 is 18.3 Å². The van der Waals surface area contributed by atoms with E-state index in [2.05, 4.69) is 56.6 Å². The van der Waals surface area contributed by atoms with E-state index < -0.39 is 0 Å². The number of benzene rings is 1. The second-order valence-electron chi connectivity index (χ2n) is 4.58. The maximum Gasteiger partial charge on any atom is 0.142 e. The molecule has 2 nitrogen and oxygen atoms in total. The predicted octanol–water partition coefficient (Wildman–Crippen LogP) is 3.57. The van der Waals surface area contributed by atoms with E-state index in [-0.39, 0.29) is 0 Å². The zero-order valence-corrected chi connectivity index (χ0v) is 12.1. The minimum absolute atomic E-state index is 0.540. The number of thiol groups is 1. The van der Waals surface area contributed by atoms with Gasteiger partial charge in [0.2, 0.25) is 0 Å². The third kappa shape index (κ3) is 3.84. The van der Waals surface area contributed by atoms with E-state index in [1.54, 1.807) is 7.11 Å². The Morgan fingerprint density at radius 2 is 2.06 bits per heavy atom. The van der Waals surface area contributed by atoms with Crippen molar-refractivity contribution in [2.75, 3.05) is 31.4 Å². The summed E-state index contributed by atoms with van der Waals surface area (Å²) in [5.74, 6) is 2.39. The Bertz CT molecular complexity index is 352. The molecule has 0 saturated carbocycles. The summed E-state index contributed by atoms with van der Waals surface area (Å²) in [6, 6.07) is 6.42. The molecular formula is C14H23NOS. The summed E-state index contributed by atoms with van der Waals surface area (Å²) in [5.41, 5.74) is 2.51. The number of rotatable bonds is 6. The average Bonchev–Trinajstić information content (AvgIpc) is 2.34. The van der Waals surface area contributed by atoms with E-state index in [1.165, 1.54) is 11.3 Å². The van der Waals surface area contributed by atoms with Gasteiger partial charge in [0.25, 0.3) is 0 Å². The standard InChI is InChI=1S/C14H23NOS/c1-11(2)12-6-7-14(16-4)13(10-12)15(3)8-5-9-17/h6-7,10-11,17H,5,8-9H2,1-4H3. The van der Waals surface area contributed by atoms with Crippen LogP contribution in [0.15, 0.2) is 18.2 Å². The Morgan fingerprint density at radius 3 is 2.59 bits per heavy atom. The summed E-state index contributed by atoms with van der Waals surface area (Å²) in [5, 5.41) is 0. The molecule has 0 atom stereocenters. The molecule has 3 heteroatoms. The lowest BCUT2D eigenvalue weighted by molar-refractivity contribution is 0.414. The molecular weight excluding hydrogens is 230 g/mol. The number of nitrogens with zero attached hydrogens (tertiary/aromatic N) is 1. The molecule has 0 saturated heterocycles. The molecule has 0 unspecified atom stereocenters. The van der Waals surface area contributed by atoms with Crippen molar-refractivity contribution in [3.63, 3.8) is 0 Å². The molecule has 0 radical (unpaired) electrons. The molecule has 0 fully saturated rings. The molecule has 0 aliphatic heterocycles. The third-order valence-corrected chi connectivity index (χ3v) is 3.25. The Balaban J connectivity index is 2.96. The van der Waals surface area contributed by atoms with Crippen LogP contribution >= 0.6 is 12.6 Å². The number of hydrogen-bond acceptors (Lipinski definition) is 3. The first-order chi connectivity index (χ1) is 8.10. The molecule has 0 heterocycles. The first-order valence-corrected chi connectivity index (χ1v) is 6.73. The average molecular weight is 253 g/mol. The second-order valence-corrected chi connectivity index (χ2v) is 5.03. The zero-order chi connectivity index (χ0) is 12.8. The molecule has 1 rings (SSSR count). The third-order valence-electron chi connectivity index (χ3n) is 2.93. The van der Waals surface area contributed by atoms with E-state index in [0.29, 0.717) is 5.92 Å². The monoisotopic (exact) mass is 253 g/mol. The number of ether oxygens (including phenoxy) is 1. The Hall–Kier alpha value is -0.830. The maximum atomic E-state index is 5.42. The fourth-order valence-corrected chi connectivity index (χ4v) is 1.93. The molecule has 96 valence electrons. The largest absolute Gasteiger partial charge is 0.495 e. The van der Waals surface area contributed by atoms with Gasteiger partial charge in [-0.2, -0.15) is 12.6 Å². The molecule has 0 bridgehead atoms. The molecule has 0 aromatic heterocycles. The summed E-state index contributed by atoms with van der Waals surface area (Å²) in [6.07, 6.45) is 1.08. The van der Waals surface area contributed by atoms with Crippen molar-refractivity contribution in [3.8, 4) is 5.75 Å². The lowest BCUT2D eigenvalue weighted by atomic mass is 10.0. The van der Waals surface area contributed by atoms with Crippen molar-refractivity contribution in [1.29, 1.82) is 0 Å². The van der Waals surface area contributed by atoms with Gasteiger partial charge in [0.15, 0.2) is 0 Å². The highest BCUT2D eigenvalue weighted by Gasteiger charge is 2.10. The first kappa shape index (κ1) is 14.2. The first-order valence-electron chi connectivity index (χ1n) is 6.10. The Morgan fingerprint density at radius 1 is 1.35 bits per heavy atom. The van der Waals surface area contributed by atoms with Crippen LogP contribution in [0.1, 0.15) is 31.7 Å². The maximum absolute atomic E-state index is 5.42. The van der Waals surface area contributed by atoms with Gasteiger partial charge in [0.1, 0.15) is 5.75 Å². The van der Waals surface area contributed by atoms with Crippen molar-refractivity contribution in [1.82, 2.24) is 0 Å². The van der Waals surface area contributed by atoms with Crippen LogP contribution in [0.2, 0.25) is 0 Å². The SMILES string of the molecule is COc1ccc(C(C)C)cc1N(C)CCCS. The quantitative estimate of drug-likeness (QED) is 0.778. The molecule has 0 spiro atoms. The van der Waals surface area contributed by atoms with Crippen LogP contribution in [0.3, 0.4) is 0 Å². The van der Waals surface area contributed by atoms with Crippen LogP contribution < -0.4 is 9.64 Å². The highest BCUT2D eigenvalue weighted by Crippen LogP contribution is 2.31. The van der Waals surface area contributed by atoms with Gasteiger partial charge in [-0.3, -0.25) is 0 Å². The lowest BCUT2D eigenvalue weighted by Gasteiger charge is -2.23. The fourth-order valence-electron chi connectivity index (χ4n) is 1.79. The number of hydrogen-bond donors (Lipinski definition) is 1. The van der Waals surface area contributed by atoms with Crippen LogP contribution in [0.4, 0.5) is 5.69 Å². The van der Waals surface area contributed by atoms with E-state index in [0.717, 1.165) is 24.5 Å². The summed E-state index contributed by atoms with van der Waals surface area (Å²) in [4.78, 5) is 2.24. The summed E-state index contributed by atoms with van der Waals surface area (Å²) in [7, 11) is 3.83. The Labute approximate surface area is 110 Å². The van der Waals surface area contributed by atoms with Gasteiger partial charge in [0.05, 0.1) is 12.8 Å². The lowest BCUT2D eigenvalue weighted by Crippen LogP contribution is -2.19. The summed E-state index contributed by atoms with van der Waals surface area (Å²) in [6.45, 7) is 5.42. The van der Waals surface area contributed by atoms with Gasteiger partial charge in [-0.05, 0) is 35.8 Å². The van der Waals surface area contributed by atoms with Crippen molar-refractivity contribution in [3.05, 3.63) is 23.8 Å². The van der Waals surface area contributed by atoms with E-state index in [4.69, 9.17) is 4.74 Å². The fraction of sp³-hybridized carbons (Fsp3) is 0.571. The van der Waals surface area contributed by atoms with Gasteiger partial charge in [-0.25, -0.2) is 0 Å². The van der Waals surface area contributed by atoms with E-state index in [9.17, 15) is 0 Å². The summed E-state index contributed by atoms with van der Waals surface area (Å²) < 4.78 is 5.42. The molecule has 1 aromatic carbocycles. The molecule has 0 N–H and O–H groups in total. The van der Waals surface area contributed by atoms with Crippen molar-refractivity contribution in [2.24, 2.45) is 0 Å². The highest BCUT2D eigenvalue weighted by molar-refractivity contribution is 7.80. The topological polar surface area (TPSA) is 12.5 Å². The predicted molar refractivity (Wildman–Crippen MR) is 78.8 cm³/mol. The second kappa shape index (κ2) is 6.80. The Kier molecular flexibility index (Phi) is 5.69. The van der Waals surface area contributed by atoms with Gasteiger partial charge in [-0.1, -0.05) is 19.9 Å². The van der Waals surface area contributed by atoms with Gasteiger partial charge < -0.3 is 9.64 Å². The van der Waals surface area contributed by atoms with E-state index >= 15 is 0 Å².